The van der Waals surface area contributed by atoms with E-state index in [1.165, 1.54) is 24.0 Å². The Bertz CT molecular complexity index is 84.6. The Morgan fingerprint density at radius 1 is 1.00 bits per heavy atom. The zero-order valence-electron chi connectivity index (χ0n) is 3.83. The third kappa shape index (κ3) is 0.298. The molecular weight excluding hydrogens is 72.1 g/mol. The molecule has 0 aliphatic heterocycles. The summed E-state index contributed by atoms with van der Waals surface area (Å²) in [5.74, 6) is 0. The number of hydrogen-bond donors (Lipinski definition) is 0. The molecule has 1 rings (SSSR count). The normalized spacial score (nSPS) is 20.7. The van der Waals surface area contributed by atoms with Gasteiger partial charge in [0.15, 0.2) is 0 Å². The van der Waals surface area contributed by atoms with E-state index in [-0.39, 0.29) is 0 Å². The first-order valence-corrected chi connectivity index (χ1v) is 2.16. The highest BCUT2D eigenvalue weighted by molar-refractivity contribution is 5.34. The van der Waals surface area contributed by atoms with Crippen molar-refractivity contribution in [2.24, 2.45) is 0 Å². The van der Waals surface area contributed by atoms with E-state index in [1.54, 1.807) is 0 Å². The first-order valence-electron chi connectivity index (χ1n) is 2.16. The van der Waals surface area contributed by atoms with Gasteiger partial charge in [-0.05, 0) is 12.8 Å². The van der Waals surface area contributed by atoms with Crippen LogP contribution in [0.4, 0.5) is 0 Å². The summed E-state index contributed by atoms with van der Waals surface area (Å²) in [5, 5.41) is 0. The van der Waals surface area contributed by atoms with Crippen molar-refractivity contribution >= 4 is 0 Å². The molecule has 0 aromatic heterocycles. The van der Waals surface area contributed by atoms with Gasteiger partial charge in [-0.2, -0.15) is 0 Å². The highest BCUT2D eigenvalue weighted by Gasteiger charge is 2.08. The molecule has 32 valence electrons. The van der Waals surface area contributed by atoms with Gasteiger partial charge < -0.3 is 0 Å². The first-order chi connectivity index (χ1) is 2.80. The Morgan fingerprint density at radius 2 is 1.33 bits per heavy atom. The van der Waals surface area contributed by atoms with Crippen LogP contribution in [0, 0.1) is 0 Å². The molecule has 0 atom stereocenters. The number of allylic oxidation sites excluding steroid dienone is 2. The molecule has 0 nitrogen and oxygen atoms in total. The fourth-order valence-electron chi connectivity index (χ4n) is 0.479. The van der Waals surface area contributed by atoms with Gasteiger partial charge >= 0.3 is 0 Å². The van der Waals surface area contributed by atoms with E-state index in [9.17, 15) is 0 Å². The fourth-order valence-corrected chi connectivity index (χ4v) is 0.479. The minimum atomic E-state index is 1.18. The molecule has 0 N–H and O–H groups in total. The van der Waals surface area contributed by atoms with Gasteiger partial charge in [0.25, 0.3) is 0 Å². The fraction of sp³-hybridized carbons (Fsp3) is 0.333. The minimum absolute atomic E-state index is 1.18. The lowest BCUT2D eigenvalue weighted by Gasteiger charge is -2.17. The monoisotopic (exact) mass is 80.1 g/mol. The molecule has 0 heteroatoms. The van der Waals surface area contributed by atoms with Gasteiger partial charge in [0.2, 0.25) is 0 Å². The summed E-state index contributed by atoms with van der Waals surface area (Å²) in [6.45, 7) is 7.48. The number of rotatable bonds is 0. The van der Waals surface area contributed by atoms with Crippen LogP contribution in [0.1, 0.15) is 12.8 Å². The lowest BCUT2D eigenvalue weighted by Crippen LogP contribution is -1.97. The zero-order chi connectivity index (χ0) is 4.57. The molecule has 6 heavy (non-hydrogen) atoms. The van der Waals surface area contributed by atoms with E-state index in [2.05, 4.69) is 13.2 Å². The van der Waals surface area contributed by atoms with Crippen molar-refractivity contribution < 1.29 is 0 Å². The molecule has 0 aromatic carbocycles. The van der Waals surface area contributed by atoms with Gasteiger partial charge in [-0.3, -0.25) is 0 Å². The van der Waals surface area contributed by atoms with Crippen LogP contribution in [0.25, 0.3) is 0 Å². The minimum Gasteiger partial charge on any atom is -0.0956 e. The Balaban J connectivity index is 2.61. The molecule has 0 heterocycles. The van der Waals surface area contributed by atoms with E-state index in [0.29, 0.717) is 0 Å². The second-order valence-electron chi connectivity index (χ2n) is 1.71. The molecule has 0 bridgehead atoms. The third-order valence-corrected chi connectivity index (χ3v) is 1.23. The van der Waals surface area contributed by atoms with Crippen LogP contribution in [-0.4, -0.2) is 0 Å². The lowest BCUT2D eigenvalue weighted by molar-refractivity contribution is 0.834. The maximum atomic E-state index is 3.74. The van der Waals surface area contributed by atoms with E-state index >= 15 is 0 Å². The topological polar surface area (TPSA) is 0 Å². The standard InChI is InChI=1S/C6H8/c1-5-3-4-6(5)2/h1-4H2. The van der Waals surface area contributed by atoms with E-state index in [1.807, 2.05) is 0 Å². The largest absolute Gasteiger partial charge is 0.0956 e. The molecule has 0 unspecified atom stereocenters. The van der Waals surface area contributed by atoms with Gasteiger partial charge in [0.05, 0.1) is 0 Å². The second kappa shape index (κ2) is 0.970. The zero-order valence-corrected chi connectivity index (χ0v) is 3.83. The summed E-state index contributed by atoms with van der Waals surface area (Å²) >= 11 is 0. The van der Waals surface area contributed by atoms with Gasteiger partial charge in [-0.1, -0.05) is 24.3 Å². The lowest BCUT2D eigenvalue weighted by atomic mass is 9.89. The predicted molar refractivity (Wildman–Crippen MR) is 27.5 cm³/mol. The average molecular weight is 80.1 g/mol. The molecule has 0 radical (unpaired) electrons. The highest BCUT2D eigenvalue weighted by atomic mass is 14.1. The highest BCUT2D eigenvalue weighted by Crippen LogP contribution is 2.28. The summed E-state index contributed by atoms with van der Waals surface area (Å²) in [5.41, 5.74) is 2.49. The van der Waals surface area contributed by atoms with Gasteiger partial charge in [0, 0.05) is 0 Å². The van der Waals surface area contributed by atoms with Crippen molar-refractivity contribution in [3.05, 3.63) is 24.3 Å². The summed E-state index contributed by atoms with van der Waals surface area (Å²) in [6.07, 6.45) is 2.36. The van der Waals surface area contributed by atoms with Gasteiger partial charge in [-0.15, -0.1) is 0 Å². The maximum Gasteiger partial charge on any atom is -0.0242 e. The number of hydrogen-bond acceptors (Lipinski definition) is 0. The van der Waals surface area contributed by atoms with Crippen molar-refractivity contribution in [2.45, 2.75) is 12.8 Å². The van der Waals surface area contributed by atoms with Crippen LogP contribution in [-0.2, 0) is 0 Å². The second-order valence-corrected chi connectivity index (χ2v) is 1.71. The van der Waals surface area contributed by atoms with E-state index < -0.39 is 0 Å². The smallest absolute Gasteiger partial charge is 0.0242 e. The first kappa shape index (κ1) is 3.66. The van der Waals surface area contributed by atoms with Crippen molar-refractivity contribution in [1.29, 1.82) is 0 Å². The maximum absolute atomic E-state index is 3.74. The van der Waals surface area contributed by atoms with Crippen LogP contribution < -0.4 is 0 Å². The molecular formula is C6H8. The molecule has 0 spiro atoms. The Morgan fingerprint density at radius 3 is 1.33 bits per heavy atom. The molecule has 1 fully saturated rings. The summed E-state index contributed by atoms with van der Waals surface area (Å²) in [6, 6.07) is 0. The van der Waals surface area contributed by atoms with Gasteiger partial charge in [0.1, 0.15) is 0 Å². The predicted octanol–water partition coefficient (Wildman–Crippen LogP) is 1.89. The Hall–Kier alpha value is -0.520. The average Bonchev–Trinajstić information content (AvgIpc) is 1.61. The SMILES string of the molecule is C=C1CCC1=C. The molecule has 0 aromatic rings. The molecule has 0 saturated heterocycles. The van der Waals surface area contributed by atoms with Gasteiger partial charge in [-0.25, -0.2) is 0 Å². The summed E-state index contributed by atoms with van der Waals surface area (Å²) in [4.78, 5) is 0. The van der Waals surface area contributed by atoms with Crippen LogP contribution in [0.15, 0.2) is 24.3 Å². The van der Waals surface area contributed by atoms with Crippen molar-refractivity contribution in [3.8, 4) is 0 Å². The van der Waals surface area contributed by atoms with Crippen molar-refractivity contribution in [2.75, 3.05) is 0 Å². The third-order valence-electron chi connectivity index (χ3n) is 1.23. The van der Waals surface area contributed by atoms with Crippen molar-refractivity contribution in [1.82, 2.24) is 0 Å². The quantitative estimate of drug-likeness (QED) is 0.417. The Labute approximate surface area is 38.2 Å². The molecule has 1 aliphatic rings. The van der Waals surface area contributed by atoms with Crippen LogP contribution in [0.5, 0.6) is 0 Å². The Kier molecular flexibility index (Phi) is 0.592. The van der Waals surface area contributed by atoms with E-state index in [0.717, 1.165) is 0 Å². The van der Waals surface area contributed by atoms with Crippen LogP contribution >= 0.6 is 0 Å². The molecule has 0 amide bonds. The van der Waals surface area contributed by atoms with Crippen molar-refractivity contribution in [3.63, 3.8) is 0 Å². The van der Waals surface area contributed by atoms with E-state index in [4.69, 9.17) is 0 Å². The molecule has 1 saturated carbocycles. The summed E-state index contributed by atoms with van der Waals surface area (Å²) in [7, 11) is 0. The summed E-state index contributed by atoms with van der Waals surface area (Å²) < 4.78 is 0. The van der Waals surface area contributed by atoms with Crippen LogP contribution in [0.3, 0.4) is 0 Å². The van der Waals surface area contributed by atoms with Crippen LogP contribution in [0.2, 0.25) is 0 Å². The molecule has 1 aliphatic carbocycles.